The fraction of sp³-hybridized carbons (Fsp3) is 0.480. The first kappa shape index (κ1) is 24.5. The van der Waals surface area contributed by atoms with Crippen molar-refractivity contribution in [3.05, 3.63) is 63.3 Å². The molecule has 1 aliphatic heterocycles. The van der Waals surface area contributed by atoms with E-state index in [9.17, 15) is 14.7 Å². The van der Waals surface area contributed by atoms with Crippen LogP contribution in [0.2, 0.25) is 0 Å². The lowest BCUT2D eigenvalue weighted by molar-refractivity contribution is -0.150. The van der Waals surface area contributed by atoms with Gasteiger partial charge in [0.2, 0.25) is 0 Å². The van der Waals surface area contributed by atoms with Gasteiger partial charge in [-0.05, 0) is 53.4 Å². The van der Waals surface area contributed by atoms with Gasteiger partial charge in [-0.3, -0.25) is 4.79 Å². The number of carbonyl (C=O) groups excluding carboxylic acids is 1. The van der Waals surface area contributed by atoms with Gasteiger partial charge in [-0.15, -0.1) is 11.3 Å². The molecule has 34 heavy (non-hydrogen) atoms. The van der Waals surface area contributed by atoms with Gasteiger partial charge in [-0.2, -0.15) is 4.37 Å². The normalized spacial score (nSPS) is 22.9. The summed E-state index contributed by atoms with van der Waals surface area (Å²) in [6.45, 7) is 10.3. The van der Waals surface area contributed by atoms with Gasteiger partial charge in [0, 0.05) is 23.1 Å². The lowest BCUT2D eigenvalue weighted by Crippen LogP contribution is -2.54. The molecule has 3 heterocycles. The number of carbonyl (C=O) groups is 2. The Morgan fingerprint density at radius 1 is 1.18 bits per heavy atom. The first-order valence-electron chi connectivity index (χ1n) is 11.4. The van der Waals surface area contributed by atoms with Crippen molar-refractivity contribution in [3.8, 4) is 0 Å². The van der Waals surface area contributed by atoms with Crippen molar-refractivity contribution in [2.24, 2.45) is 5.92 Å². The third-order valence-corrected chi connectivity index (χ3v) is 8.08. The largest absolute Gasteiger partial charge is 0.479 e. The van der Waals surface area contributed by atoms with Crippen LogP contribution in [0.25, 0.3) is 0 Å². The number of carboxylic acids is 1. The monoisotopic (exact) mass is 498 g/mol. The summed E-state index contributed by atoms with van der Waals surface area (Å²) in [6.07, 6.45) is 3.79. The van der Waals surface area contributed by atoms with E-state index in [-0.39, 0.29) is 29.6 Å². The minimum atomic E-state index is -1.37. The lowest BCUT2D eigenvalue weighted by Gasteiger charge is -2.38. The van der Waals surface area contributed by atoms with Crippen LogP contribution in [0.4, 0.5) is 0 Å². The summed E-state index contributed by atoms with van der Waals surface area (Å²) in [6, 6.07) is 6.99. The summed E-state index contributed by atoms with van der Waals surface area (Å²) in [5, 5.41) is 13.9. The first-order valence-corrected chi connectivity index (χ1v) is 13.0. The third-order valence-electron chi connectivity index (χ3n) is 6.44. The van der Waals surface area contributed by atoms with Crippen LogP contribution < -0.4 is 0 Å². The van der Waals surface area contributed by atoms with Crippen LogP contribution >= 0.6 is 22.9 Å². The standard InChI is InChI=1S/C25H30N4O3S2/c1-15(2)12-25(23(31)32)13-18(20-27-14-28-34-20)19(21-26-10-11-33-21)29(25)22(30)16-6-8-17(9-7-16)24(3,4)5/h6-11,14-15,18-19H,12-13H2,1-5H3,(H,31,32)/t18-,19-,25+/m1/s1. The fourth-order valence-corrected chi connectivity index (χ4v) is 6.39. The van der Waals surface area contributed by atoms with Crippen molar-refractivity contribution >= 4 is 34.7 Å². The maximum atomic E-state index is 14.1. The molecule has 1 fully saturated rings. The SMILES string of the molecule is CC(C)C[C@@]1(C(=O)O)C[C@@H](c2ncns2)[C@H](c2nccs2)N1C(=O)c1ccc(C(C)(C)C)cc1. The number of aliphatic carboxylic acids is 1. The summed E-state index contributed by atoms with van der Waals surface area (Å²) < 4.78 is 4.16. The molecular formula is C25H30N4O3S2. The zero-order chi connectivity index (χ0) is 24.7. The molecule has 1 N–H and O–H groups in total. The van der Waals surface area contributed by atoms with E-state index in [1.54, 1.807) is 11.1 Å². The number of likely N-dealkylation sites (tertiary alicyclic amines) is 1. The van der Waals surface area contributed by atoms with E-state index in [1.165, 1.54) is 29.2 Å². The number of thiazole rings is 1. The van der Waals surface area contributed by atoms with Crippen LogP contribution in [0.3, 0.4) is 0 Å². The summed E-state index contributed by atoms with van der Waals surface area (Å²) >= 11 is 2.68. The molecule has 180 valence electrons. The predicted molar refractivity (Wildman–Crippen MR) is 133 cm³/mol. The summed E-state index contributed by atoms with van der Waals surface area (Å²) in [7, 11) is 0. The highest BCUT2D eigenvalue weighted by molar-refractivity contribution is 7.09. The fourth-order valence-electron chi connectivity index (χ4n) is 4.96. The Morgan fingerprint density at radius 3 is 2.38 bits per heavy atom. The molecule has 0 aliphatic carbocycles. The van der Waals surface area contributed by atoms with Crippen molar-refractivity contribution in [1.29, 1.82) is 0 Å². The minimum Gasteiger partial charge on any atom is -0.479 e. The summed E-state index contributed by atoms with van der Waals surface area (Å²) in [4.78, 5) is 37.6. The highest BCUT2D eigenvalue weighted by Gasteiger charge is 2.60. The smallest absolute Gasteiger partial charge is 0.329 e. The number of rotatable bonds is 6. The van der Waals surface area contributed by atoms with Gasteiger partial charge in [0.05, 0.1) is 6.04 Å². The van der Waals surface area contributed by atoms with E-state index in [1.807, 2.05) is 43.5 Å². The van der Waals surface area contributed by atoms with Crippen LogP contribution in [0.1, 0.15) is 85.4 Å². The van der Waals surface area contributed by atoms with Crippen molar-refractivity contribution in [1.82, 2.24) is 19.2 Å². The van der Waals surface area contributed by atoms with Crippen molar-refractivity contribution < 1.29 is 14.7 Å². The maximum Gasteiger partial charge on any atom is 0.329 e. The molecule has 7 nitrogen and oxygen atoms in total. The Kier molecular flexibility index (Phi) is 6.61. The maximum absolute atomic E-state index is 14.1. The first-order chi connectivity index (χ1) is 16.0. The van der Waals surface area contributed by atoms with Gasteiger partial charge >= 0.3 is 5.97 Å². The molecule has 3 atom stereocenters. The quantitative estimate of drug-likeness (QED) is 0.480. The summed E-state index contributed by atoms with van der Waals surface area (Å²) in [5.74, 6) is -1.52. The highest BCUT2D eigenvalue weighted by atomic mass is 32.1. The van der Waals surface area contributed by atoms with E-state index in [0.29, 0.717) is 17.0 Å². The highest BCUT2D eigenvalue weighted by Crippen LogP contribution is 2.55. The van der Waals surface area contributed by atoms with E-state index < -0.39 is 17.6 Å². The molecular weight excluding hydrogens is 468 g/mol. The van der Waals surface area contributed by atoms with Gasteiger partial charge in [0.25, 0.3) is 5.91 Å². The molecule has 0 radical (unpaired) electrons. The molecule has 3 aromatic rings. The number of carboxylic acid groups (broad SMARTS) is 1. The lowest BCUT2D eigenvalue weighted by atomic mass is 9.83. The number of aromatic nitrogens is 3. The summed E-state index contributed by atoms with van der Waals surface area (Å²) in [5.41, 5.74) is 0.159. The third kappa shape index (κ3) is 4.38. The van der Waals surface area contributed by atoms with Gasteiger partial charge in [0.15, 0.2) is 0 Å². The molecule has 0 spiro atoms. The molecule has 4 rings (SSSR count). The molecule has 1 aromatic carbocycles. The van der Waals surface area contributed by atoms with Crippen molar-refractivity contribution in [2.75, 3.05) is 0 Å². The molecule has 9 heteroatoms. The Hall–Kier alpha value is -2.65. The Balaban J connectivity index is 1.88. The molecule has 1 amide bonds. The second-order valence-corrected chi connectivity index (χ2v) is 12.1. The van der Waals surface area contributed by atoms with Gasteiger partial charge < -0.3 is 10.0 Å². The Bertz CT molecular complexity index is 1140. The molecule has 0 saturated carbocycles. The zero-order valence-electron chi connectivity index (χ0n) is 20.1. The molecule has 0 bridgehead atoms. The van der Waals surface area contributed by atoms with E-state index in [0.717, 1.165) is 10.6 Å². The topological polar surface area (TPSA) is 96.3 Å². The zero-order valence-corrected chi connectivity index (χ0v) is 21.7. The van der Waals surface area contributed by atoms with Gasteiger partial charge in [-0.1, -0.05) is 46.8 Å². The Labute approximate surface area is 208 Å². The van der Waals surface area contributed by atoms with E-state index in [2.05, 4.69) is 35.1 Å². The van der Waals surface area contributed by atoms with Crippen LogP contribution in [0, 0.1) is 5.92 Å². The van der Waals surface area contributed by atoms with Crippen LogP contribution in [-0.2, 0) is 10.2 Å². The Morgan fingerprint density at radius 2 is 1.88 bits per heavy atom. The number of hydrogen-bond donors (Lipinski definition) is 1. The second-order valence-electron chi connectivity index (χ2n) is 10.3. The molecule has 2 aromatic heterocycles. The molecule has 1 saturated heterocycles. The van der Waals surface area contributed by atoms with E-state index in [4.69, 9.17) is 0 Å². The number of amides is 1. The van der Waals surface area contributed by atoms with Gasteiger partial charge in [-0.25, -0.2) is 14.8 Å². The second kappa shape index (κ2) is 9.19. The average Bonchev–Trinajstić information content (AvgIpc) is 3.52. The molecule has 1 aliphatic rings. The predicted octanol–water partition coefficient (Wildman–Crippen LogP) is 5.53. The van der Waals surface area contributed by atoms with Gasteiger partial charge in [0.1, 0.15) is 21.9 Å². The van der Waals surface area contributed by atoms with Crippen molar-refractivity contribution in [3.63, 3.8) is 0 Å². The number of nitrogens with zero attached hydrogens (tertiary/aromatic N) is 4. The van der Waals surface area contributed by atoms with Crippen molar-refractivity contribution in [2.45, 2.75) is 70.4 Å². The number of benzene rings is 1. The van der Waals surface area contributed by atoms with Crippen LogP contribution in [0.5, 0.6) is 0 Å². The average molecular weight is 499 g/mol. The minimum absolute atomic E-state index is 0.0515. The molecule has 0 unspecified atom stereocenters. The van der Waals surface area contributed by atoms with Crippen LogP contribution in [-0.4, -0.2) is 41.8 Å². The number of hydrogen-bond acceptors (Lipinski definition) is 7. The van der Waals surface area contributed by atoms with E-state index >= 15 is 0 Å². The van der Waals surface area contributed by atoms with Crippen LogP contribution in [0.15, 0.2) is 42.2 Å².